The molecule has 0 unspecified atom stereocenters. The molecule has 1 aliphatic heterocycles. The van der Waals surface area contributed by atoms with Crippen LogP contribution in [0.1, 0.15) is 44.2 Å². The maximum atomic E-state index is 13.0. The summed E-state index contributed by atoms with van der Waals surface area (Å²) in [7, 11) is 0. The molecule has 0 radical (unpaired) electrons. The van der Waals surface area contributed by atoms with E-state index in [9.17, 15) is 10.1 Å². The van der Waals surface area contributed by atoms with Gasteiger partial charge in [-0.05, 0) is 38.3 Å². The molecule has 0 aromatic carbocycles. The van der Waals surface area contributed by atoms with Crippen LogP contribution in [0.25, 0.3) is 0 Å². The first kappa shape index (κ1) is 16.7. The Labute approximate surface area is 143 Å². The van der Waals surface area contributed by atoms with Gasteiger partial charge in [-0.25, -0.2) is 0 Å². The van der Waals surface area contributed by atoms with Gasteiger partial charge in [0.05, 0.1) is 11.8 Å². The Hall–Kier alpha value is -2.16. The highest BCUT2D eigenvalue weighted by Crippen LogP contribution is 2.37. The molecule has 3 rings (SSSR count). The van der Waals surface area contributed by atoms with E-state index < -0.39 is 5.41 Å². The number of carbonyl (C=O) groups excluding carboxylic acids is 1. The van der Waals surface area contributed by atoms with Crippen molar-refractivity contribution < 1.29 is 4.79 Å². The zero-order chi connectivity index (χ0) is 17.0. The fourth-order valence-electron chi connectivity index (χ4n) is 3.74. The van der Waals surface area contributed by atoms with E-state index in [0.717, 1.165) is 56.8 Å². The number of amides is 1. The third-order valence-electron chi connectivity index (χ3n) is 5.22. The molecule has 6 heteroatoms. The van der Waals surface area contributed by atoms with Gasteiger partial charge in [-0.3, -0.25) is 4.79 Å². The molecule has 1 aromatic rings. The van der Waals surface area contributed by atoms with E-state index in [4.69, 9.17) is 0 Å². The molecule has 1 aromatic heterocycles. The summed E-state index contributed by atoms with van der Waals surface area (Å²) in [4.78, 5) is 17.1. The predicted octanol–water partition coefficient (Wildman–Crippen LogP) is 2.30. The number of hydrogen-bond acceptors (Lipinski definition) is 5. The number of aryl methyl sites for hydroxylation is 1. The topological polar surface area (TPSA) is 73.1 Å². The Kier molecular flexibility index (Phi) is 4.98. The third kappa shape index (κ3) is 3.35. The van der Waals surface area contributed by atoms with Crippen LogP contribution in [-0.2, 0) is 4.79 Å². The lowest BCUT2D eigenvalue weighted by Gasteiger charge is -2.34. The molecule has 2 aliphatic rings. The van der Waals surface area contributed by atoms with Crippen LogP contribution in [0.5, 0.6) is 0 Å². The number of nitriles is 1. The largest absolute Gasteiger partial charge is 0.353 e. The highest BCUT2D eigenvalue weighted by molar-refractivity contribution is 5.85. The van der Waals surface area contributed by atoms with E-state index >= 15 is 0 Å². The smallest absolute Gasteiger partial charge is 0.243 e. The quantitative estimate of drug-likeness (QED) is 0.833. The zero-order valence-corrected chi connectivity index (χ0v) is 14.4. The van der Waals surface area contributed by atoms with Crippen molar-refractivity contribution in [2.75, 3.05) is 31.1 Å². The first-order valence-electron chi connectivity index (χ1n) is 8.90. The molecule has 24 heavy (non-hydrogen) atoms. The summed E-state index contributed by atoms with van der Waals surface area (Å²) in [6.45, 7) is 4.90. The van der Waals surface area contributed by atoms with Crippen molar-refractivity contribution in [3.8, 4) is 6.07 Å². The zero-order valence-electron chi connectivity index (χ0n) is 14.4. The highest BCUT2D eigenvalue weighted by atomic mass is 16.2. The van der Waals surface area contributed by atoms with Crippen LogP contribution in [0.15, 0.2) is 12.1 Å². The van der Waals surface area contributed by atoms with E-state index in [0.29, 0.717) is 19.4 Å². The van der Waals surface area contributed by atoms with Gasteiger partial charge >= 0.3 is 0 Å². The van der Waals surface area contributed by atoms with Gasteiger partial charge in [-0.2, -0.15) is 10.4 Å². The molecule has 2 heterocycles. The molecule has 0 atom stereocenters. The second-order valence-electron chi connectivity index (χ2n) is 6.92. The molecule has 0 N–H and O–H groups in total. The van der Waals surface area contributed by atoms with E-state index in [1.54, 1.807) is 0 Å². The van der Waals surface area contributed by atoms with Crippen molar-refractivity contribution in [1.29, 1.82) is 5.26 Å². The monoisotopic (exact) mass is 327 g/mol. The molecule has 6 nitrogen and oxygen atoms in total. The molecule has 128 valence electrons. The lowest BCUT2D eigenvalue weighted by molar-refractivity contribution is -0.140. The number of anilines is 1. The molecule has 2 fully saturated rings. The summed E-state index contributed by atoms with van der Waals surface area (Å²) in [6, 6.07) is 6.30. The molecule has 1 saturated carbocycles. The maximum absolute atomic E-state index is 13.0. The van der Waals surface area contributed by atoms with Crippen molar-refractivity contribution in [2.45, 2.75) is 45.4 Å². The van der Waals surface area contributed by atoms with Crippen molar-refractivity contribution in [3.63, 3.8) is 0 Å². The van der Waals surface area contributed by atoms with Crippen LogP contribution in [0, 0.1) is 23.7 Å². The third-order valence-corrected chi connectivity index (χ3v) is 5.22. The van der Waals surface area contributed by atoms with Gasteiger partial charge in [-0.15, -0.1) is 5.10 Å². The van der Waals surface area contributed by atoms with Gasteiger partial charge in [0, 0.05) is 26.2 Å². The molecule has 1 saturated heterocycles. The summed E-state index contributed by atoms with van der Waals surface area (Å²) < 4.78 is 0. The van der Waals surface area contributed by atoms with Crippen LogP contribution in [0.4, 0.5) is 5.82 Å². The standard InChI is InChI=1S/C18H25N5O/c1-15-6-7-16(21-20-15)22-10-5-11-23(13-12-22)17(24)18(14-19)8-3-2-4-9-18/h6-7H,2-5,8-13H2,1H3. The Bertz CT molecular complexity index is 615. The van der Waals surface area contributed by atoms with Crippen LogP contribution in [0.3, 0.4) is 0 Å². The Balaban J connectivity index is 1.67. The molecule has 0 spiro atoms. The van der Waals surface area contributed by atoms with Gasteiger partial charge in [0.2, 0.25) is 5.91 Å². The van der Waals surface area contributed by atoms with E-state index in [1.807, 2.05) is 24.0 Å². The number of carbonyl (C=O) groups is 1. The van der Waals surface area contributed by atoms with Crippen molar-refractivity contribution in [3.05, 3.63) is 17.8 Å². The minimum atomic E-state index is -0.781. The number of rotatable bonds is 2. The minimum Gasteiger partial charge on any atom is -0.353 e. The summed E-state index contributed by atoms with van der Waals surface area (Å²) in [5.41, 5.74) is 0.121. The van der Waals surface area contributed by atoms with Crippen LogP contribution in [0.2, 0.25) is 0 Å². The first-order valence-corrected chi connectivity index (χ1v) is 8.90. The summed E-state index contributed by atoms with van der Waals surface area (Å²) >= 11 is 0. The first-order chi connectivity index (χ1) is 11.6. The molecular weight excluding hydrogens is 302 g/mol. The Morgan fingerprint density at radius 3 is 2.54 bits per heavy atom. The van der Waals surface area contributed by atoms with Gasteiger partial charge in [0.25, 0.3) is 0 Å². The Morgan fingerprint density at radius 1 is 1.08 bits per heavy atom. The fourth-order valence-corrected chi connectivity index (χ4v) is 3.74. The SMILES string of the molecule is Cc1ccc(N2CCCN(C(=O)C3(C#N)CCCCC3)CC2)nn1. The highest BCUT2D eigenvalue weighted by Gasteiger charge is 2.42. The Morgan fingerprint density at radius 2 is 1.88 bits per heavy atom. The van der Waals surface area contributed by atoms with Gasteiger partial charge in [0.15, 0.2) is 5.82 Å². The average molecular weight is 327 g/mol. The number of hydrogen-bond donors (Lipinski definition) is 0. The number of aromatic nitrogens is 2. The fraction of sp³-hybridized carbons (Fsp3) is 0.667. The number of nitrogens with zero attached hydrogens (tertiary/aromatic N) is 5. The lowest BCUT2D eigenvalue weighted by Crippen LogP contribution is -2.46. The van der Waals surface area contributed by atoms with Crippen molar-refractivity contribution in [1.82, 2.24) is 15.1 Å². The second-order valence-corrected chi connectivity index (χ2v) is 6.92. The average Bonchev–Trinajstić information content (AvgIpc) is 2.88. The van der Waals surface area contributed by atoms with Gasteiger partial charge in [-0.1, -0.05) is 19.3 Å². The summed E-state index contributed by atoms with van der Waals surface area (Å²) in [5, 5.41) is 18.0. The van der Waals surface area contributed by atoms with Gasteiger partial charge in [0.1, 0.15) is 5.41 Å². The normalized spacial score (nSPS) is 21.0. The second kappa shape index (κ2) is 7.16. The summed E-state index contributed by atoms with van der Waals surface area (Å²) in [6.07, 6.45) is 5.42. The molecule has 1 aliphatic carbocycles. The lowest BCUT2D eigenvalue weighted by atomic mass is 9.74. The molecule has 0 bridgehead atoms. The van der Waals surface area contributed by atoms with Crippen molar-refractivity contribution >= 4 is 11.7 Å². The van der Waals surface area contributed by atoms with Crippen LogP contribution >= 0.6 is 0 Å². The molecular formula is C18H25N5O. The van der Waals surface area contributed by atoms with Crippen molar-refractivity contribution in [2.24, 2.45) is 5.41 Å². The van der Waals surface area contributed by atoms with E-state index in [1.165, 1.54) is 0 Å². The summed E-state index contributed by atoms with van der Waals surface area (Å²) in [5.74, 6) is 0.907. The van der Waals surface area contributed by atoms with Crippen LogP contribution in [-0.4, -0.2) is 47.2 Å². The molecule has 1 amide bonds. The van der Waals surface area contributed by atoms with Gasteiger partial charge < -0.3 is 9.80 Å². The maximum Gasteiger partial charge on any atom is 0.243 e. The van der Waals surface area contributed by atoms with Crippen LogP contribution < -0.4 is 4.90 Å². The predicted molar refractivity (Wildman–Crippen MR) is 91.3 cm³/mol. The minimum absolute atomic E-state index is 0.0431. The van der Waals surface area contributed by atoms with E-state index in [-0.39, 0.29) is 5.91 Å². The van der Waals surface area contributed by atoms with E-state index in [2.05, 4.69) is 21.2 Å².